The van der Waals surface area contributed by atoms with E-state index in [4.69, 9.17) is 21.1 Å². The van der Waals surface area contributed by atoms with Gasteiger partial charge < -0.3 is 19.7 Å². The first-order valence-electron chi connectivity index (χ1n) is 11.7. The number of halogens is 2. The van der Waals surface area contributed by atoms with Crippen LogP contribution in [0.3, 0.4) is 0 Å². The number of methoxy groups -OCH3 is 1. The second-order valence-electron chi connectivity index (χ2n) is 8.50. The summed E-state index contributed by atoms with van der Waals surface area (Å²) in [4.78, 5) is 28.2. The van der Waals surface area contributed by atoms with E-state index in [9.17, 15) is 9.59 Å². The first-order chi connectivity index (χ1) is 16.4. The molecule has 2 amide bonds. The Hall–Kier alpha value is -2.25. The van der Waals surface area contributed by atoms with E-state index < -0.39 is 6.04 Å². The van der Waals surface area contributed by atoms with Crippen molar-refractivity contribution in [3.05, 3.63) is 57.5 Å². The van der Waals surface area contributed by atoms with Crippen molar-refractivity contribution in [1.82, 2.24) is 10.2 Å². The van der Waals surface area contributed by atoms with Gasteiger partial charge in [0.15, 0.2) is 6.61 Å². The molecule has 8 heteroatoms. The maximum absolute atomic E-state index is 13.4. The number of amides is 2. The third-order valence-corrected chi connectivity index (χ3v) is 6.88. The first kappa shape index (κ1) is 26.4. The highest BCUT2D eigenvalue weighted by molar-refractivity contribution is 9.10. The van der Waals surface area contributed by atoms with Crippen LogP contribution >= 0.6 is 27.5 Å². The van der Waals surface area contributed by atoms with Gasteiger partial charge in [0.05, 0.1) is 12.1 Å². The Balaban J connectivity index is 1.77. The fourth-order valence-corrected chi connectivity index (χ4v) is 4.93. The zero-order chi connectivity index (χ0) is 24.5. The lowest BCUT2D eigenvalue weighted by molar-refractivity contribution is -0.143. The zero-order valence-electron chi connectivity index (χ0n) is 19.7. The van der Waals surface area contributed by atoms with E-state index in [2.05, 4.69) is 21.2 Å². The van der Waals surface area contributed by atoms with Crippen LogP contribution in [-0.4, -0.2) is 42.5 Å². The van der Waals surface area contributed by atoms with Gasteiger partial charge in [0.2, 0.25) is 5.91 Å². The first-order valence-corrected chi connectivity index (χ1v) is 12.9. The molecule has 0 bridgehead atoms. The van der Waals surface area contributed by atoms with Gasteiger partial charge in [-0.3, -0.25) is 9.59 Å². The Morgan fingerprint density at radius 2 is 1.85 bits per heavy atom. The van der Waals surface area contributed by atoms with Crippen LogP contribution in [0, 0.1) is 0 Å². The van der Waals surface area contributed by atoms with Crippen molar-refractivity contribution in [3.63, 3.8) is 0 Å². The molecule has 0 aromatic heterocycles. The van der Waals surface area contributed by atoms with Crippen LogP contribution in [0.15, 0.2) is 46.9 Å². The van der Waals surface area contributed by atoms with Crippen LogP contribution in [0.1, 0.15) is 51.0 Å². The highest BCUT2D eigenvalue weighted by Crippen LogP contribution is 2.28. The predicted octanol–water partition coefficient (Wildman–Crippen LogP) is 5.75. The van der Waals surface area contributed by atoms with Crippen molar-refractivity contribution in [1.29, 1.82) is 0 Å². The van der Waals surface area contributed by atoms with Crippen molar-refractivity contribution in [3.8, 4) is 11.5 Å². The molecule has 1 aliphatic carbocycles. The number of hydrogen-bond acceptors (Lipinski definition) is 4. The highest BCUT2D eigenvalue weighted by atomic mass is 79.9. The number of benzene rings is 2. The molecule has 0 heterocycles. The maximum Gasteiger partial charge on any atom is 0.261 e. The quantitative estimate of drug-likeness (QED) is 0.408. The monoisotopic (exact) mass is 550 g/mol. The second-order valence-corrected chi connectivity index (χ2v) is 9.82. The topological polar surface area (TPSA) is 67.9 Å². The number of nitrogens with one attached hydrogen (secondary N) is 1. The van der Waals surface area contributed by atoms with E-state index in [1.807, 2.05) is 31.2 Å². The Labute approximate surface area is 215 Å². The van der Waals surface area contributed by atoms with Crippen LogP contribution < -0.4 is 14.8 Å². The van der Waals surface area contributed by atoms with Gasteiger partial charge in [0.25, 0.3) is 5.91 Å². The predicted molar refractivity (Wildman–Crippen MR) is 137 cm³/mol. The average Bonchev–Trinajstić information content (AvgIpc) is 2.84. The average molecular weight is 552 g/mol. The van der Waals surface area contributed by atoms with Crippen molar-refractivity contribution in [2.45, 2.75) is 64.1 Å². The van der Waals surface area contributed by atoms with E-state index in [1.165, 1.54) is 6.42 Å². The third-order valence-electron chi connectivity index (χ3n) is 6.09. The van der Waals surface area contributed by atoms with Crippen LogP contribution in [-0.2, 0) is 16.1 Å². The molecule has 34 heavy (non-hydrogen) atoms. The third kappa shape index (κ3) is 7.37. The number of hydrogen-bond donors (Lipinski definition) is 1. The Morgan fingerprint density at radius 1 is 1.15 bits per heavy atom. The molecule has 1 N–H and O–H groups in total. The van der Waals surface area contributed by atoms with E-state index in [0.717, 1.165) is 41.5 Å². The molecule has 2 aromatic rings. The standard InChI is InChI=1S/C26H32BrClN2O4/c1-3-23(26(32)29-20-7-5-4-6-8-20)30(16-18-9-12-21(33-2)13-10-18)25(31)17-34-24-14-11-19(27)15-22(24)28/h9-15,20,23H,3-8,16-17H2,1-2H3,(H,29,32). The molecule has 0 saturated heterocycles. The summed E-state index contributed by atoms with van der Waals surface area (Å²) >= 11 is 9.61. The number of nitrogens with zero attached hydrogens (tertiary/aromatic N) is 1. The van der Waals surface area contributed by atoms with E-state index in [-0.39, 0.29) is 31.0 Å². The fraction of sp³-hybridized carbons (Fsp3) is 0.462. The minimum atomic E-state index is -0.597. The number of carbonyl (C=O) groups is 2. The zero-order valence-corrected chi connectivity index (χ0v) is 22.0. The summed E-state index contributed by atoms with van der Waals surface area (Å²) in [5.41, 5.74) is 0.903. The molecular formula is C26H32BrClN2O4. The summed E-state index contributed by atoms with van der Waals surface area (Å²) in [6.45, 7) is 1.99. The SMILES string of the molecule is CCC(C(=O)NC1CCCCC1)N(Cc1ccc(OC)cc1)C(=O)COc1ccc(Br)cc1Cl. The van der Waals surface area contributed by atoms with Gasteiger partial charge in [-0.2, -0.15) is 0 Å². The molecular weight excluding hydrogens is 520 g/mol. The lowest BCUT2D eigenvalue weighted by Crippen LogP contribution is -2.52. The molecule has 6 nitrogen and oxygen atoms in total. The van der Waals surface area contributed by atoms with Crippen LogP contribution in [0.2, 0.25) is 5.02 Å². The van der Waals surface area contributed by atoms with E-state index in [0.29, 0.717) is 17.2 Å². The molecule has 3 rings (SSSR count). The molecule has 1 atom stereocenters. The van der Waals surface area contributed by atoms with Crippen molar-refractivity contribution >= 4 is 39.3 Å². The smallest absolute Gasteiger partial charge is 0.261 e. The number of carbonyl (C=O) groups excluding carboxylic acids is 2. The number of rotatable bonds is 10. The minimum Gasteiger partial charge on any atom is -0.497 e. The van der Waals surface area contributed by atoms with Crippen LogP contribution in [0.25, 0.3) is 0 Å². The van der Waals surface area contributed by atoms with Gasteiger partial charge in [-0.15, -0.1) is 0 Å². The fourth-order valence-electron chi connectivity index (χ4n) is 4.21. The van der Waals surface area contributed by atoms with Crippen LogP contribution in [0.5, 0.6) is 11.5 Å². The largest absolute Gasteiger partial charge is 0.497 e. The lowest BCUT2D eigenvalue weighted by atomic mass is 9.95. The van der Waals surface area contributed by atoms with E-state index in [1.54, 1.807) is 30.2 Å². The Kier molecular flexibility index (Phi) is 10.1. The molecule has 2 aromatic carbocycles. The molecule has 0 aliphatic heterocycles. The molecule has 1 aliphatic rings. The van der Waals surface area contributed by atoms with Gasteiger partial charge in [-0.05, 0) is 55.2 Å². The minimum absolute atomic E-state index is 0.113. The van der Waals surface area contributed by atoms with Gasteiger partial charge in [0.1, 0.15) is 17.5 Å². The van der Waals surface area contributed by atoms with Gasteiger partial charge >= 0.3 is 0 Å². The normalized spacial score (nSPS) is 14.8. The molecule has 1 fully saturated rings. The summed E-state index contributed by atoms with van der Waals surface area (Å²) in [7, 11) is 1.61. The van der Waals surface area contributed by atoms with Crippen molar-refractivity contribution < 1.29 is 19.1 Å². The molecule has 0 radical (unpaired) electrons. The van der Waals surface area contributed by atoms with Crippen molar-refractivity contribution in [2.24, 2.45) is 0 Å². The Bertz CT molecular complexity index is 964. The van der Waals surface area contributed by atoms with Gasteiger partial charge in [0, 0.05) is 17.1 Å². The van der Waals surface area contributed by atoms with Gasteiger partial charge in [-0.1, -0.05) is 65.8 Å². The summed E-state index contributed by atoms with van der Waals surface area (Å²) in [6.07, 6.45) is 5.93. The second kappa shape index (κ2) is 13.0. The number of ether oxygens (including phenoxy) is 2. The highest BCUT2D eigenvalue weighted by Gasteiger charge is 2.30. The van der Waals surface area contributed by atoms with Gasteiger partial charge in [-0.25, -0.2) is 0 Å². The van der Waals surface area contributed by atoms with Crippen LogP contribution in [0.4, 0.5) is 0 Å². The Morgan fingerprint density at radius 3 is 2.47 bits per heavy atom. The molecule has 1 saturated carbocycles. The van der Waals surface area contributed by atoms with E-state index >= 15 is 0 Å². The maximum atomic E-state index is 13.4. The summed E-state index contributed by atoms with van der Waals surface area (Å²) in [6, 6.07) is 12.3. The summed E-state index contributed by atoms with van der Waals surface area (Å²) in [5.74, 6) is 0.762. The molecule has 184 valence electrons. The van der Waals surface area contributed by atoms with Crippen molar-refractivity contribution in [2.75, 3.05) is 13.7 Å². The lowest BCUT2D eigenvalue weighted by Gasteiger charge is -2.32. The summed E-state index contributed by atoms with van der Waals surface area (Å²) < 4.78 is 11.8. The molecule has 0 spiro atoms. The molecule has 1 unspecified atom stereocenters. The summed E-state index contributed by atoms with van der Waals surface area (Å²) in [5, 5.41) is 3.59.